The molecule has 0 aromatic carbocycles. The maximum atomic E-state index is 10.7. The Morgan fingerprint density at radius 1 is 1.05 bits per heavy atom. The number of hydrogen-bond donors (Lipinski definition) is 1. The quantitative estimate of drug-likeness (QED) is 0.495. The van der Waals surface area contributed by atoms with Gasteiger partial charge in [-0.3, -0.25) is 4.79 Å². The molecule has 0 spiro atoms. The maximum absolute atomic E-state index is 10.7. The van der Waals surface area contributed by atoms with Gasteiger partial charge in [-0.1, -0.05) is 59.8 Å². The van der Waals surface area contributed by atoms with E-state index in [1.807, 2.05) is 6.92 Å². The summed E-state index contributed by atoms with van der Waals surface area (Å²) >= 11 is 5.80. The fraction of sp³-hybridized carbons (Fsp3) is 0.933. The predicted molar refractivity (Wildman–Crippen MR) is 79.3 cm³/mol. The minimum Gasteiger partial charge on any atom is -1.00 e. The minimum absolute atomic E-state index is 0. The van der Waals surface area contributed by atoms with Crippen molar-refractivity contribution in [1.29, 1.82) is 0 Å². The van der Waals surface area contributed by atoms with Gasteiger partial charge in [0.25, 0.3) is 0 Å². The molecular weight excluding hydrogens is 271 g/mol. The molecule has 0 heterocycles. The van der Waals surface area contributed by atoms with E-state index in [9.17, 15) is 4.79 Å². The van der Waals surface area contributed by atoms with Crippen LogP contribution >= 0.6 is 11.6 Å². The van der Waals surface area contributed by atoms with Gasteiger partial charge in [0.2, 0.25) is 0 Å². The molecule has 0 bridgehead atoms. The molecule has 0 amide bonds. The van der Waals surface area contributed by atoms with Crippen LogP contribution in [0.5, 0.6) is 0 Å². The van der Waals surface area contributed by atoms with Crippen molar-refractivity contribution in [3.8, 4) is 0 Å². The normalized spacial score (nSPS) is 15.7. The first-order chi connectivity index (χ1) is 8.34. The van der Waals surface area contributed by atoms with Crippen LogP contribution in [0.4, 0.5) is 0 Å². The van der Waals surface area contributed by atoms with Crippen LogP contribution in [0.3, 0.4) is 0 Å². The average Bonchev–Trinajstić information content (AvgIpc) is 2.27. The molecule has 3 atom stereocenters. The molecule has 3 unspecified atom stereocenters. The van der Waals surface area contributed by atoms with E-state index in [1.54, 1.807) is 0 Å². The number of hydrogen-bond acceptors (Lipinski definition) is 1. The van der Waals surface area contributed by atoms with Crippen molar-refractivity contribution in [3.05, 3.63) is 0 Å². The van der Waals surface area contributed by atoms with Crippen LogP contribution < -0.4 is 29.6 Å². The van der Waals surface area contributed by atoms with Crippen molar-refractivity contribution in [1.82, 2.24) is 0 Å². The van der Waals surface area contributed by atoms with Gasteiger partial charge < -0.3 is 6.53 Å². The monoisotopic (exact) mass is 300 g/mol. The van der Waals surface area contributed by atoms with Crippen LogP contribution in [0.15, 0.2) is 0 Å². The fourth-order valence-corrected chi connectivity index (χ4v) is 2.32. The molecule has 0 aliphatic carbocycles. The van der Waals surface area contributed by atoms with Crippen molar-refractivity contribution < 1.29 is 40.9 Å². The Balaban J connectivity index is -0.00000144. The molecule has 110 valence electrons. The van der Waals surface area contributed by atoms with E-state index in [0.29, 0.717) is 0 Å². The maximum Gasteiger partial charge on any atom is 1.00 e. The second-order valence-corrected chi connectivity index (χ2v) is 6.55. The van der Waals surface area contributed by atoms with Crippen LogP contribution in [-0.4, -0.2) is 16.5 Å². The average molecular weight is 301 g/mol. The van der Waals surface area contributed by atoms with E-state index in [-0.39, 0.29) is 36.9 Å². The Morgan fingerprint density at radius 2 is 1.53 bits per heavy atom. The largest absolute Gasteiger partial charge is 1.00 e. The Morgan fingerprint density at radius 3 is 1.95 bits per heavy atom. The molecule has 1 N–H and O–H groups in total. The summed E-state index contributed by atoms with van der Waals surface area (Å²) in [4.78, 5) is 10.7. The molecule has 19 heavy (non-hydrogen) atoms. The summed E-state index contributed by atoms with van der Waals surface area (Å²) in [7, 11) is 0. The van der Waals surface area contributed by atoms with E-state index in [1.165, 1.54) is 25.7 Å². The molecule has 2 nitrogen and oxygen atoms in total. The number of carboxylic acids is 1. The van der Waals surface area contributed by atoms with Gasteiger partial charge >= 0.3 is 35.5 Å². The summed E-state index contributed by atoms with van der Waals surface area (Å²) in [6.07, 6.45) is 7.09. The Bertz CT molecular complexity index is 240. The zero-order chi connectivity index (χ0) is 14.1. The summed E-state index contributed by atoms with van der Waals surface area (Å²) in [5, 5.41) is 8.06. The van der Waals surface area contributed by atoms with E-state index in [4.69, 9.17) is 16.7 Å². The third-order valence-corrected chi connectivity index (χ3v) is 4.19. The SMILES string of the molecule is CC(C)CCCC(C)CCCC(C)C(Cl)C(=O)O.[H-].[Na+]. The Labute approximate surface area is 147 Å². The molecule has 0 rings (SSSR count). The zero-order valence-electron chi connectivity index (χ0n) is 14.3. The number of carboxylic acid groups (broad SMARTS) is 1. The van der Waals surface area contributed by atoms with Gasteiger partial charge in [-0.25, -0.2) is 0 Å². The van der Waals surface area contributed by atoms with Gasteiger partial charge in [-0.2, -0.15) is 0 Å². The molecule has 0 fully saturated rings. The number of rotatable bonds is 10. The molecule has 0 radical (unpaired) electrons. The van der Waals surface area contributed by atoms with Crippen LogP contribution in [0.2, 0.25) is 0 Å². The van der Waals surface area contributed by atoms with Crippen molar-refractivity contribution in [2.24, 2.45) is 17.8 Å². The second kappa shape index (κ2) is 12.5. The van der Waals surface area contributed by atoms with Gasteiger partial charge in [0.05, 0.1) is 0 Å². The number of alkyl halides is 1. The smallest absolute Gasteiger partial charge is 1.00 e. The summed E-state index contributed by atoms with van der Waals surface area (Å²) in [5.74, 6) is 0.709. The van der Waals surface area contributed by atoms with Crippen LogP contribution in [0, 0.1) is 17.8 Å². The summed E-state index contributed by atoms with van der Waals surface area (Å²) in [6, 6.07) is 0. The molecule has 0 aromatic rings. The molecule has 0 saturated heterocycles. The van der Waals surface area contributed by atoms with Gasteiger partial charge in [0, 0.05) is 0 Å². The van der Waals surface area contributed by atoms with Crippen molar-refractivity contribution in [2.45, 2.75) is 71.6 Å². The minimum atomic E-state index is -0.894. The van der Waals surface area contributed by atoms with E-state index in [2.05, 4.69) is 20.8 Å². The molecule has 4 heteroatoms. The molecule has 0 aliphatic rings. The van der Waals surface area contributed by atoms with E-state index in [0.717, 1.165) is 24.7 Å². The van der Waals surface area contributed by atoms with Gasteiger partial charge in [0.15, 0.2) is 0 Å². The summed E-state index contributed by atoms with van der Waals surface area (Å²) in [5.41, 5.74) is 0. The first-order valence-corrected chi connectivity index (χ1v) is 7.65. The van der Waals surface area contributed by atoms with Crippen LogP contribution in [0.25, 0.3) is 0 Å². The third-order valence-electron chi connectivity index (χ3n) is 3.57. The zero-order valence-corrected chi connectivity index (χ0v) is 16.0. The van der Waals surface area contributed by atoms with Crippen molar-refractivity contribution >= 4 is 17.6 Å². The van der Waals surface area contributed by atoms with Crippen LogP contribution in [-0.2, 0) is 4.79 Å². The summed E-state index contributed by atoms with van der Waals surface area (Å²) in [6.45, 7) is 8.74. The molecule has 0 aromatic heterocycles. The number of aliphatic carboxylic acids is 1. The fourth-order valence-electron chi connectivity index (χ4n) is 2.20. The van der Waals surface area contributed by atoms with Crippen molar-refractivity contribution in [2.75, 3.05) is 0 Å². The van der Waals surface area contributed by atoms with Crippen molar-refractivity contribution in [3.63, 3.8) is 0 Å². The molecule has 0 saturated carbocycles. The van der Waals surface area contributed by atoms with E-state index < -0.39 is 11.3 Å². The van der Waals surface area contributed by atoms with Gasteiger partial charge in [0.1, 0.15) is 5.38 Å². The van der Waals surface area contributed by atoms with Gasteiger partial charge in [-0.05, 0) is 24.2 Å². The molecule has 0 aliphatic heterocycles. The third kappa shape index (κ3) is 12.2. The first kappa shape index (κ1) is 22.0. The molecular formula is C15H30ClNaO2. The van der Waals surface area contributed by atoms with E-state index >= 15 is 0 Å². The predicted octanol–water partition coefficient (Wildman–Crippen LogP) is 2.06. The Kier molecular flexibility index (Phi) is 14.5. The summed E-state index contributed by atoms with van der Waals surface area (Å²) < 4.78 is 0. The number of carbonyl (C=O) groups is 1. The van der Waals surface area contributed by atoms with Gasteiger partial charge in [-0.15, -0.1) is 11.6 Å². The Hall–Kier alpha value is 0.760. The topological polar surface area (TPSA) is 37.3 Å². The second-order valence-electron chi connectivity index (χ2n) is 6.08. The van der Waals surface area contributed by atoms with Crippen LogP contribution in [0.1, 0.15) is 67.6 Å². The first-order valence-electron chi connectivity index (χ1n) is 7.21. The standard InChI is InChI=1S/C15H29ClO2.Na.H/c1-11(2)7-5-8-12(3)9-6-10-13(4)14(16)15(17)18;;/h11-14H,5-10H2,1-4H3,(H,17,18);;/q;+1;-1. The number of halogens is 1.